The Morgan fingerprint density at radius 1 is 0.571 bits per heavy atom. The van der Waals surface area contributed by atoms with Crippen LogP contribution in [-0.4, -0.2) is 39.3 Å². The van der Waals surface area contributed by atoms with Gasteiger partial charge in [0.15, 0.2) is 0 Å². The molecule has 0 N–H and O–H groups in total. The maximum atomic E-state index is 12.0. The molecule has 0 fully saturated rings. The van der Waals surface area contributed by atoms with E-state index in [4.69, 9.17) is 0 Å². The van der Waals surface area contributed by atoms with Gasteiger partial charge in [-0.3, -0.25) is 0 Å². The minimum absolute atomic E-state index is 2.20. The number of hydrogen-bond acceptors (Lipinski definition) is 0. The number of halogens is 9. The molecule has 0 aromatic carbocycles. The molecule has 0 aromatic heterocycles. The second-order valence-corrected chi connectivity index (χ2v) is 5.17. The Kier molecular flexibility index (Phi) is 3.18. The molecule has 0 saturated carbocycles. The second-order valence-electron chi connectivity index (χ2n) is 2.53. The minimum atomic E-state index is -6.72. The summed E-state index contributed by atoms with van der Waals surface area (Å²) in [6.45, 7) is 0. The van der Waals surface area contributed by atoms with Crippen molar-refractivity contribution in [3.63, 3.8) is 0 Å². The Hall–Kier alpha value is -0.0871. The van der Waals surface area contributed by atoms with E-state index in [9.17, 15) is 39.5 Å². The number of hydrogen-bond donors (Lipinski definition) is 0. The van der Waals surface area contributed by atoms with Crippen LogP contribution in [0.4, 0.5) is 39.5 Å². The van der Waals surface area contributed by atoms with Gasteiger partial charge in [-0.2, -0.15) is 0 Å². The van der Waals surface area contributed by atoms with Crippen molar-refractivity contribution in [2.45, 2.75) is 22.8 Å². The summed E-state index contributed by atoms with van der Waals surface area (Å²) in [5.74, 6) is -13.1. The van der Waals surface area contributed by atoms with Crippen molar-refractivity contribution in [2.75, 3.05) is 0 Å². The second kappa shape index (κ2) is 3.20. The summed E-state index contributed by atoms with van der Waals surface area (Å²) in [6.07, 6.45) is -6.70. The predicted octanol–water partition coefficient (Wildman–Crippen LogP) is 1.78. The molecule has 0 atom stereocenters. The van der Waals surface area contributed by atoms with E-state index in [2.05, 4.69) is 0 Å². The molecule has 0 spiro atoms. The predicted molar refractivity (Wildman–Crippen MR) is 30.8 cm³/mol. The van der Waals surface area contributed by atoms with E-state index in [1.54, 1.807) is 0 Å². The van der Waals surface area contributed by atoms with Gasteiger partial charge in [-0.25, -0.2) is 0 Å². The number of rotatable bonds is 2. The van der Waals surface area contributed by atoms with E-state index in [1.807, 2.05) is 0 Å². The van der Waals surface area contributed by atoms with Crippen molar-refractivity contribution in [2.24, 2.45) is 0 Å². The van der Waals surface area contributed by atoms with Gasteiger partial charge in [-0.1, -0.05) is 0 Å². The van der Waals surface area contributed by atoms with Crippen LogP contribution in [0.5, 0.6) is 0 Å². The van der Waals surface area contributed by atoms with Gasteiger partial charge in [-0.05, 0) is 0 Å². The van der Waals surface area contributed by atoms with Crippen LogP contribution in [0, 0.1) is 0 Å². The van der Waals surface area contributed by atoms with Crippen LogP contribution < -0.4 is 0 Å². The first-order valence-corrected chi connectivity index (χ1v) is 5.05. The Balaban J connectivity index is 5.30. The van der Waals surface area contributed by atoms with Crippen molar-refractivity contribution in [1.29, 1.82) is 0 Å². The average Bonchev–Trinajstić information content (AvgIpc) is 1.81. The molecule has 14 heavy (non-hydrogen) atoms. The zero-order valence-corrected chi connectivity index (χ0v) is 10.6. The summed E-state index contributed by atoms with van der Waals surface area (Å²) < 4.78 is 100. The molecule has 0 aromatic rings. The van der Waals surface area contributed by atoms with E-state index in [-0.39, 0.29) is 0 Å². The average molecular weight is 295 g/mol. The van der Waals surface area contributed by atoms with Crippen molar-refractivity contribution >= 4 is 16.5 Å². The van der Waals surface area contributed by atoms with Gasteiger partial charge >= 0.3 is 78.8 Å². The van der Waals surface area contributed by atoms with Gasteiger partial charge < -0.3 is 0 Å². The van der Waals surface area contributed by atoms with Gasteiger partial charge in [-0.15, -0.1) is 0 Å². The van der Waals surface area contributed by atoms with E-state index in [0.717, 1.165) is 0 Å². The van der Waals surface area contributed by atoms with Crippen LogP contribution in [0.1, 0.15) is 0 Å². The Labute approximate surface area is 79.7 Å². The summed E-state index contributed by atoms with van der Waals surface area (Å²) >= 11 is -2.20. The first-order valence-electron chi connectivity index (χ1n) is 2.95. The first kappa shape index (κ1) is 13.9. The molecule has 10 heteroatoms. The van der Waals surface area contributed by atoms with E-state index < -0.39 is 39.3 Å². The molecule has 0 saturated heterocycles. The van der Waals surface area contributed by atoms with Crippen LogP contribution in [0.15, 0.2) is 0 Å². The van der Waals surface area contributed by atoms with Crippen LogP contribution >= 0.6 is 0 Å². The zero-order valence-electron chi connectivity index (χ0n) is 6.40. The Morgan fingerprint density at radius 2 is 0.857 bits per heavy atom. The molecule has 0 heterocycles. The van der Waals surface area contributed by atoms with Gasteiger partial charge in [0.25, 0.3) is 0 Å². The number of alkyl halides is 9. The molecule has 0 nitrogen and oxygen atoms in total. The SMILES string of the molecule is FC(F)(F)C(F)(F)C(F)(F)[C](F)(F)[GeH3]. The summed E-state index contributed by atoms with van der Waals surface area (Å²) in [6, 6.07) is 0. The van der Waals surface area contributed by atoms with Crippen LogP contribution in [-0.2, 0) is 0 Å². The molecule has 0 bridgehead atoms. The molecule has 0 aliphatic rings. The van der Waals surface area contributed by atoms with Gasteiger partial charge in [0.05, 0.1) is 0 Å². The van der Waals surface area contributed by atoms with Crippen LogP contribution in [0.25, 0.3) is 0 Å². The maximum absolute atomic E-state index is 12.0. The zero-order chi connectivity index (χ0) is 12.0. The van der Waals surface area contributed by atoms with Gasteiger partial charge in [0, 0.05) is 0 Å². The van der Waals surface area contributed by atoms with E-state index in [0.29, 0.717) is 0 Å². The summed E-state index contributed by atoms with van der Waals surface area (Å²) in [4.78, 5) is 0. The third-order valence-corrected chi connectivity index (χ3v) is 2.62. The molecule has 0 radical (unpaired) electrons. The Morgan fingerprint density at radius 3 is 0.929 bits per heavy atom. The molecular weight excluding hydrogens is 292 g/mol. The summed E-state index contributed by atoms with van der Waals surface area (Å²) in [5.41, 5.74) is 0. The third-order valence-electron chi connectivity index (χ3n) is 1.30. The van der Waals surface area contributed by atoms with Gasteiger partial charge in [0.2, 0.25) is 0 Å². The van der Waals surface area contributed by atoms with Crippen LogP contribution in [0.3, 0.4) is 0 Å². The summed E-state index contributed by atoms with van der Waals surface area (Å²) in [5, 5.41) is 0. The summed E-state index contributed by atoms with van der Waals surface area (Å²) in [7, 11) is 0. The van der Waals surface area contributed by atoms with Crippen molar-refractivity contribution in [1.82, 2.24) is 0 Å². The Bertz CT molecular complexity index is 186. The fourth-order valence-electron chi connectivity index (χ4n) is 0.454. The fraction of sp³-hybridized carbons (Fsp3) is 1.00. The van der Waals surface area contributed by atoms with Crippen molar-refractivity contribution in [3.05, 3.63) is 0 Å². The van der Waals surface area contributed by atoms with Gasteiger partial charge in [0.1, 0.15) is 0 Å². The standard InChI is InChI=1S/C4H3F9Ge/c5-1(6,3(9,10)11)2(7,8)4(12,13)14/h14H3. The monoisotopic (exact) mass is 296 g/mol. The molecule has 0 aliphatic carbocycles. The van der Waals surface area contributed by atoms with Crippen molar-refractivity contribution in [3.8, 4) is 0 Å². The van der Waals surface area contributed by atoms with E-state index in [1.165, 1.54) is 0 Å². The molecule has 0 amide bonds. The molecule has 0 aliphatic heterocycles. The normalized spacial score (nSPS) is 16.1. The topological polar surface area (TPSA) is 0 Å². The molecule has 0 rings (SSSR count). The molecule has 86 valence electrons. The molecule has 0 unspecified atom stereocenters. The van der Waals surface area contributed by atoms with Crippen molar-refractivity contribution < 1.29 is 39.5 Å². The third kappa shape index (κ3) is 1.96. The fourth-order valence-corrected chi connectivity index (χ4v) is 1.11. The molecular formula is C4H3F9Ge. The van der Waals surface area contributed by atoms with Crippen LogP contribution in [0.2, 0.25) is 0 Å². The quantitative estimate of drug-likeness (QED) is 0.538. The first-order chi connectivity index (χ1) is 5.75. The van der Waals surface area contributed by atoms with E-state index >= 15 is 0 Å².